The van der Waals surface area contributed by atoms with Crippen molar-refractivity contribution in [3.63, 3.8) is 0 Å². The molecule has 0 atom stereocenters. The number of thioether (sulfide) groups is 1. The van der Waals surface area contributed by atoms with Gasteiger partial charge in [0.25, 0.3) is 5.91 Å². The first-order valence-electron chi connectivity index (χ1n) is 7.50. The van der Waals surface area contributed by atoms with E-state index >= 15 is 0 Å². The van der Waals surface area contributed by atoms with Gasteiger partial charge in [0.05, 0.1) is 34.9 Å². The second kappa shape index (κ2) is 8.29. The fourth-order valence-corrected chi connectivity index (χ4v) is 4.58. The van der Waals surface area contributed by atoms with Crippen LogP contribution in [0.3, 0.4) is 0 Å². The van der Waals surface area contributed by atoms with E-state index in [2.05, 4.69) is 0 Å². The van der Waals surface area contributed by atoms with Crippen LogP contribution in [-0.4, -0.2) is 24.4 Å². The van der Waals surface area contributed by atoms with Crippen LogP contribution < -0.4 is 14.4 Å². The summed E-state index contributed by atoms with van der Waals surface area (Å²) in [4.78, 5) is 14.7. The molecule has 1 aliphatic rings. The van der Waals surface area contributed by atoms with E-state index < -0.39 is 0 Å². The van der Waals surface area contributed by atoms with Gasteiger partial charge in [-0.25, -0.2) is 0 Å². The van der Waals surface area contributed by atoms with Crippen LogP contribution in [0.25, 0.3) is 6.08 Å². The van der Waals surface area contributed by atoms with Gasteiger partial charge in [0.15, 0.2) is 15.8 Å². The number of carbonyl (C=O) groups excluding carboxylic acids is 1. The number of anilines is 1. The van der Waals surface area contributed by atoms with Crippen molar-refractivity contribution in [2.45, 2.75) is 0 Å². The molecule has 0 bridgehead atoms. The topological polar surface area (TPSA) is 38.8 Å². The van der Waals surface area contributed by atoms with Crippen molar-refractivity contribution < 1.29 is 14.3 Å². The first-order valence-corrected chi connectivity index (χ1v) is 9.86. The van der Waals surface area contributed by atoms with Crippen molar-refractivity contribution in [3.8, 4) is 11.5 Å². The second-order valence-corrected chi connectivity index (χ2v) is 8.28. The summed E-state index contributed by atoms with van der Waals surface area (Å²) in [5.41, 5.74) is 1.16. The van der Waals surface area contributed by atoms with E-state index in [-0.39, 0.29) is 5.91 Å². The van der Waals surface area contributed by atoms with Gasteiger partial charge in [0.1, 0.15) is 0 Å². The Morgan fingerprint density at radius 3 is 2.44 bits per heavy atom. The summed E-state index contributed by atoms with van der Waals surface area (Å²) in [6.07, 6.45) is 1.69. The zero-order valence-corrected chi connectivity index (χ0v) is 18.0. The molecular weight excluding hydrogens is 449 g/mol. The number of benzene rings is 2. The average Bonchev–Trinajstić information content (AvgIpc) is 2.88. The van der Waals surface area contributed by atoms with Crippen LogP contribution >= 0.6 is 58.8 Å². The maximum absolute atomic E-state index is 12.9. The molecule has 0 saturated carbocycles. The molecule has 0 radical (unpaired) electrons. The Labute approximate surface area is 181 Å². The zero-order valence-electron chi connectivity index (χ0n) is 14.1. The minimum atomic E-state index is -0.278. The lowest BCUT2D eigenvalue weighted by atomic mass is 10.1. The smallest absolute Gasteiger partial charge is 0.270 e. The van der Waals surface area contributed by atoms with E-state index in [9.17, 15) is 4.79 Å². The lowest BCUT2D eigenvalue weighted by molar-refractivity contribution is -0.113. The molecule has 4 nitrogen and oxygen atoms in total. The van der Waals surface area contributed by atoms with Crippen molar-refractivity contribution in [1.82, 2.24) is 0 Å². The Hall–Kier alpha value is -1.44. The van der Waals surface area contributed by atoms with Gasteiger partial charge < -0.3 is 9.47 Å². The maximum Gasteiger partial charge on any atom is 0.270 e. The van der Waals surface area contributed by atoms with Gasteiger partial charge in [-0.3, -0.25) is 9.69 Å². The van der Waals surface area contributed by atoms with Crippen LogP contribution in [0.15, 0.2) is 35.2 Å². The number of hydrogen-bond donors (Lipinski definition) is 0. The van der Waals surface area contributed by atoms with Crippen LogP contribution in [-0.2, 0) is 4.79 Å². The summed E-state index contributed by atoms with van der Waals surface area (Å²) in [5.74, 6) is 0.615. The van der Waals surface area contributed by atoms with E-state index in [1.807, 2.05) is 0 Å². The Kier molecular flexibility index (Phi) is 6.23. The molecule has 9 heteroatoms. The summed E-state index contributed by atoms with van der Waals surface area (Å²) < 4.78 is 10.9. The highest BCUT2D eigenvalue weighted by atomic mass is 35.5. The number of amides is 1. The first kappa shape index (κ1) is 20.3. The lowest BCUT2D eigenvalue weighted by Crippen LogP contribution is -2.27. The lowest BCUT2D eigenvalue weighted by Gasteiger charge is -2.16. The number of halogens is 3. The predicted octanol–water partition coefficient (Wildman–Crippen LogP) is 6.07. The number of hydrogen-bond acceptors (Lipinski definition) is 5. The number of nitrogens with zero attached hydrogens (tertiary/aromatic N) is 1. The third-order valence-corrected chi connectivity index (χ3v) is 5.82. The van der Waals surface area contributed by atoms with Gasteiger partial charge in [-0.15, -0.1) is 0 Å². The van der Waals surface area contributed by atoms with Gasteiger partial charge in [-0.2, -0.15) is 0 Å². The van der Waals surface area contributed by atoms with E-state index in [4.69, 9.17) is 56.5 Å². The third-order valence-electron chi connectivity index (χ3n) is 3.70. The van der Waals surface area contributed by atoms with E-state index in [1.54, 1.807) is 36.4 Å². The van der Waals surface area contributed by atoms with Crippen LogP contribution in [0.2, 0.25) is 15.1 Å². The van der Waals surface area contributed by atoms with Crippen LogP contribution in [0, 0.1) is 0 Å². The maximum atomic E-state index is 12.9. The molecule has 0 N–H and O–H groups in total. The number of methoxy groups -OCH3 is 2. The molecule has 1 heterocycles. The summed E-state index contributed by atoms with van der Waals surface area (Å²) in [6, 6.07) is 8.29. The molecule has 2 aromatic carbocycles. The van der Waals surface area contributed by atoms with Crippen molar-refractivity contribution >= 4 is 80.8 Å². The molecule has 0 spiro atoms. The number of carbonyl (C=O) groups is 1. The van der Waals surface area contributed by atoms with E-state index in [1.165, 1.54) is 30.9 Å². The Morgan fingerprint density at radius 1 is 1.07 bits per heavy atom. The largest absolute Gasteiger partial charge is 0.493 e. The molecule has 1 aliphatic heterocycles. The standard InChI is InChI=1S/C18H12Cl3NO3S2/c1-24-14-6-9(5-12(21)16(14)25-2)7-15-17(23)22(18(26)27-15)13-4-3-10(19)8-11(13)20/h3-8H,1-2H3/b15-7+. The summed E-state index contributed by atoms with van der Waals surface area (Å²) in [7, 11) is 3.02. The fourth-order valence-electron chi connectivity index (χ4n) is 2.51. The summed E-state index contributed by atoms with van der Waals surface area (Å²) >= 11 is 24.9. The Morgan fingerprint density at radius 2 is 1.81 bits per heavy atom. The van der Waals surface area contributed by atoms with Crippen molar-refractivity contribution in [3.05, 3.63) is 55.9 Å². The summed E-state index contributed by atoms with van der Waals surface area (Å²) in [5, 5.41) is 1.19. The fraction of sp³-hybridized carbons (Fsp3) is 0.111. The number of rotatable bonds is 4. The SMILES string of the molecule is COc1cc(/C=C2/SC(=S)N(c3ccc(Cl)cc3Cl)C2=O)cc(Cl)c1OC. The quantitative estimate of drug-likeness (QED) is 0.409. The number of thiocarbonyl (C=S) groups is 1. The molecular formula is C18H12Cl3NO3S2. The molecule has 0 aliphatic carbocycles. The number of ether oxygens (including phenoxy) is 2. The molecule has 1 fully saturated rings. The highest BCUT2D eigenvalue weighted by Gasteiger charge is 2.34. The molecule has 1 saturated heterocycles. The molecule has 27 heavy (non-hydrogen) atoms. The van der Waals surface area contributed by atoms with Crippen LogP contribution in [0.4, 0.5) is 5.69 Å². The summed E-state index contributed by atoms with van der Waals surface area (Å²) in [6.45, 7) is 0. The van der Waals surface area contributed by atoms with Crippen molar-refractivity contribution in [1.29, 1.82) is 0 Å². The molecule has 0 unspecified atom stereocenters. The molecule has 3 rings (SSSR count). The molecule has 140 valence electrons. The monoisotopic (exact) mass is 459 g/mol. The van der Waals surface area contributed by atoms with Crippen LogP contribution in [0.5, 0.6) is 11.5 Å². The third kappa shape index (κ3) is 4.05. The first-order chi connectivity index (χ1) is 12.8. The van der Waals surface area contributed by atoms with Crippen LogP contribution in [0.1, 0.15) is 5.56 Å². The molecule has 0 aromatic heterocycles. The van der Waals surface area contributed by atoms with Crippen molar-refractivity contribution in [2.75, 3.05) is 19.1 Å². The normalized spacial score (nSPS) is 15.6. The van der Waals surface area contributed by atoms with E-state index in [0.717, 1.165) is 0 Å². The van der Waals surface area contributed by atoms with Gasteiger partial charge in [-0.1, -0.05) is 58.8 Å². The Bertz CT molecular complexity index is 979. The van der Waals surface area contributed by atoms with Gasteiger partial charge >= 0.3 is 0 Å². The van der Waals surface area contributed by atoms with Gasteiger partial charge in [0, 0.05) is 5.02 Å². The van der Waals surface area contributed by atoms with Crippen molar-refractivity contribution in [2.24, 2.45) is 0 Å². The average molecular weight is 461 g/mol. The van der Waals surface area contributed by atoms with Gasteiger partial charge in [-0.05, 0) is 42.0 Å². The minimum Gasteiger partial charge on any atom is -0.493 e. The predicted molar refractivity (Wildman–Crippen MR) is 117 cm³/mol. The van der Waals surface area contributed by atoms with E-state index in [0.29, 0.717) is 47.0 Å². The second-order valence-electron chi connectivity index (χ2n) is 5.35. The highest BCUT2D eigenvalue weighted by molar-refractivity contribution is 8.27. The zero-order chi connectivity index (χ0) is 19.7. The Balaban J connectivity index is 1.98. The highest BCUT2D eigenvalue weighted by Crippen LogP contribution is 2.41. The molecule has 1 amide bonds. The minimum absolute atomic E-state index is 0.278. The molecule has 2 aromatic rings. The van der Waals surface area contributed by atoms with Gasteiger partial charge in [0.2, 0.25) is 0 Å².